The molecule has 2 heteroatoms. The number of benzene rings is 2. The highest BCUT2D eigenvalue weighted by atomic mass is 35.5. The zero-order valence-corrected chi connectivity index (χ0v) is 8.84. The third-order valence-electron chi connectivity index (χ3n) is 2.19. The van der Waals surface area contributed by atoms with Gasteiger partial charge in [0.1, 0.15) is 5.82 Å². The van der Waals surface area contributed by atoms with Crippen LogP contribution in [0, 0.1) is 5.82 Å². The van der Waals surface area contributed by atoms with Crippen molar-refractivity contribution in [3.8, 4) is 0 Å². The van der Waals surface area contributed by atoms with E-state index < -0.39 is 0 Å². The van der Waals surface area contributed by atoms with Gasteiger partial charge in [-0.3, -0.25) is 0 Å². The number of hydrogen-bond donors (Lipinski definition) is 0. The van der Waals surface area contributed by atoms with E-state index in [0.29, 0.717) is 11.4 Å². The minimum atomic E-state index is -0.200. The summed E-state index contributed by atoms with van der Waals surface area (Å²) in [5.41, 5.74) is 2.05. The van der Waals surface area contributed by atoms with E-state index in [2.05, 4.69) is 0 Å². The van der Waals surface area contributed by atoms with Crippen LogP contribution in [0.4, 0.5) is 4.39 Å². The van der Waals surface area contributed by atoms with Crippen LogP contribution in [-0.2, 0) is 6.42 Å². The highest BCUT2D eigenvalue weighted by molar-refractivity contribution is 6.30. The van der Waals surface area contributed by atoms with Gasteiger partial charge in [0.25, 0.3) is 0 Å². The Kier molecular flexibility index (Phi) is 3.02. The van der Waals surface area contributed by atoms with E-state index in [1.807, 2.05) is 30.3 Å². The van der Waals surface area contributed by atoms with Crippen molar-refractivity contribution in [1.82, 2.24) is 0 Å². The molecule has 76 valence electrons. The summed E-state index contributed by atoms with van der Waals surface area (Å²) in [6.45, 7) is 0. The predicted molar refractivity (Wildman–Crippen MR) is 60.7 cm³/mol. The lowest BCUT2D eigenvalue weighted by molar-refractivity contribution is 0.626. The van der Waals surface area contributed by atoms with E-state index in [-0.39, 0.29) is 5.82 Å². The van der Waals surface area contributed by atoms with Crippen LogP contribution in [-0.4, -0.2) is 0 Å². The Morgan fingerprint density at radius 3 is 2.27 bits per heavy atom. The first-order valence-electron chi connectivity index (χ1n) is 4.73. The SMILES string of the molecule is Fc1cccc(Cc2cccc(Cl)c2)c1. The zero-order chi connectivity index (χ0) is 10.7. The molecule has 2 rings (SSSR count). The highest BCUT2D eigenvalue weighted by Crippen LogP contribution is 2.15. The Hall–Kier alpha value is -1.34. The van der Waals surface area contributed by atoms with Crippen LogP contribution in [0.25, 0.3) is 0 Å². The van der Waals surface area contributed by atoms with Crippen molar-refractivity contribution in [2.45, 2.75) is 6.42 Å². The molecule has 0 aromatic heterocycles. The van der Waals surface area contributed by atoms with Crippen molar-refractivity contribution in [2.24, 2.45) is 0 Å². The van der Waals surface area contributed by atoms with Crippen molar-refractivity contribution < 1.29 is 4.39 Å². The first kappa shape index (κ1) is 10.2. The van der Waals surface area contributed by atoms with Crippen molar-refractivity contribution in [3.05, 3.63) is 70.5 Å². The lowest BCUT2D eigenvalue weighted by atomic mass is 10.1. The number of hydrogen-bond acceptors (Lipinski definition) is 0. The lowest BCUT2D eigenvalue weighted by Crippen LogP contribution is -1.88. The second-order valence-corrected chi connectivity index (χ2v) is 3.87. The second-order valence-electron chi connectivity index (χ2n) is 3.44. The van der Waals surface area contributed by atoms with Gasteiger partial charge in [-0.05, 0) is 41.8 Å². The molecule has 0 unspecified atom stereocenters. The molecule has 0 bridgehead atoms. The molecule has 0 aliphatic rings. The Morgan fingerprint density at radius 2 is 1.60 bits per heavy atom. The smallest absolute Gasteiger partial charge is 0.123 e. The fraction of sp³-hybridized carbons (Fsp3) is 0.0769. The monoisotopic (exact) mass is 220 g/mol. The molecule has 0 aliphatic heterocycles. The molecule has 0 fully saturated rings. The van der Waals surface area contributed by atoms with Gasteiger partial charge in [-0.1, -0.05) is 35.9 Å². The van der Waals surface area contributed by atoms with E-state index in [1.165, 1.54) is 6.07 Å². The predicted octanol–water partition coefficient (Wildman–Crippen LogP) is 4.07. The molecular formula is C13H10ClF. The minimum absolute atomic E-state index is 0.200. The number of halogens is 2. The first-order chi connectivity index (χ1) is 7.24. The van der Waals surface area contributed by atoms with Crippen molar-refractivity contribution in [2.75, 3.05) is 0 Å². The van der Waals surface area contributed by atoms with Gasteiger partial charge in [0, 0.05) is 5.02 Å². The lowest BCUT2D eigenvalue weighted by Gasteiger charge is -2.02. The van der Waals surface area contributed by atoms with E-state index in [4.69, 9.17) is 11.6 Å². The normalized spacial score (nSPS) is 10.3. The summed E-state index contributed by atoms with van der Waals surface area (Å²) in [6, 6.07) is 14.2. The molecule has 0 N–H and O–H groups in total. The molecule has 0 saturated carbocycles. The average Bonchev–Trinajstić information content (AvgIpc) is 2.17. The molecule has 2 aromatic carbocycles. The number of rotatable bonds is 2. The maximum absolute atomic E-state index is 12.9. The first-order valence-corrected chi connectivity index (χ1v) is 5.11. The molecular weight excluding hydrogens is 211 g/mol. The van der Waals surface area contributed by atoms with Crippen LogP contribution in [0.1, 0.15) is 11.1 Å². The highest BCUT2D eigenvalue weighted by Gasteiger charge is 1.98. The molecule has 0 heterocycles. The van der Waals surface area contributed by atoms with Crippen LogP contribution >= 0.6 is 11.6 Å². The van der Waals surface area contributed by atoms with Crippen molar-refractivity contribution in [3.63, 3.8) is 0 Å². The molecule has 0 aliphatic carbocycles. The van der Waals surface area contributed by atoms with Gasteiger partial charge >= 0.3 is 0 Å². The van der Waals surface area contributed by atoms with Crippen LogP contribution in [0.3, 0.4) is 0 Å². The molecule has 0 nitrogen and oxygen atoms in total. The van der Waals surface area contributed by atoms with Crippen molar-refractivity contribution >= 4 is 11.6 Å². The Bertz CT molecular complexity index is 422. The van der Waals surface area contributed by atoms with Crippen LogP contribution in [0.2, 0.25) is 5.02 Å². The Labute approximate surface area is 93.3 Å². The molecule has 0 spiro atoms. The maximum atomic E-state index is 12.9. The van der Waals surface area contributed by atoms with E-state index in [1.54, 1.807) is 12.1 Å². The fourth-order valence-corrected chi connectivity index (χ4v) is 1.74. The van der Waals surface area contributed by atoms with Gasteiger partial charge in [0.2, 0.25) is 0 Å². The Morgan fingerprint density at radius 1 is 0.933 bits per heavy atom. The summed E-state index contributed by atoms with van der Waals surface area (Å²) in [5, 5.41) is 0.712. The van der Waals surface area contributed by atoms with Gasteiger partial charge in [-0.2, -0.15) is 0 Å². The molecule has 0 atom stereocenters. The van der Waals surface area contributed by atoms with E-state index >= 15 is 0 Å². The van der Waals surface area contributed by atoms with E-state index in [0.717, 1.165) is 11.1 Å². The third-order valence-corrected chi connectivity index (χ3v) is 2.42. The topological polar surface area (TPSA) is 0 Å². The summed E-state index contributed by atoms with van der Waals surface area (Å²) in [5.74, 6) is -0.200. The van der Waals surface area contributed by atoms with Crippen LogP contribution in [0.5, 0.6) is 0 Å². The molecule has 0 radical (unpaired) electrons. The Balaban J connectivity index is 2.22. The summed E-state index contributed by atoms with van der Waals surface area (Å²) in [7, 11) is 0. The molecule has 15 heavy (non-hydrogen) atoms. The third kappa shape index (κ3) is 2.80. The van der Waals surface area contributed by atoms with Gasteiger partial charge in [-0.25, -0.2) is 4.39 Å². The summed E-state index contributed by atoms with van der Waals surface area (Å²) in [6.07, 6.45) is 0.707. The second kappa shape index (κ2) is 4.45. The molecule has 0 amide bonds. The summed E-state index contributed by atoms with van der Waals surface area (Å²) < 4.78 is 12.9. The largest absolute Gasteiger partial charge is 0.207 e. The van der Waals surface area contributed by atoms with Gasteiger partial charge < -0.3 is 0 Å². The summed E-state index contributed by atoms with van der Waals surface area (Å²) in [4.78, 5) is 0. The standard InChI is InChI=1S/C13H10ClF/c14-12-5-1-3-10(8-12)7-11-4-2-6-13(15)9-11/h1-6,8-9H,7H2. The summed E-state index contributed by atoms with van der Waals surface area (Å²) >= 11 is 5.87. The average molecular weight is 221 g/mol. The minimum Gasteiger partial charge on any atom is -0.207 e. The fourth-order valence-electron chi connectivity index (χ4n) is 1.53. The van der Waals surface area contributed by atoms with E-state index in [9.17, 15) is 4.39 Å². The maximum Gasteiger partial charge on any atom is 0.123 e. The quantitative estimate of drug-likeness (QED) is 0.716. The molecule has 2 aromatic rings. The van der Waals surface area contributed by atoms with Crippen LogP contribution in [0.15, 0.2) is 48.5 Å². The van der Waals surface area contributed by atoms with Gasteiger partial charge in [0.05, 0.1) is 0 Å². The van der Waals surface area contributed by atoms with Crippen molar-refractivity contribution in [1.29, 1.82) is 0 Å². The molecule has 0 saturated heterocycles. The van der Waals surface area contributed by atoms with Gasteiger partial charge in [-0.15, -0.1) is 0 Å². The zero-order valence-electron chi connectivity index (χ0n) is 8.08. The van der Waals surface area contributed by atoms with Gasteiger partial charge in [0.15, 0.2) is 0 Å². The van der Waals surface area contributed by atoms with Crippen LogP contribution < -0.4 is 0 Å².